The lowest BCUT2D eigenvalue weighted by Crippen LogP contribution is -2.24. The van der Waals surface area contributed by atoms with E-state index in [1.807, 2.05) is 24.3 Å². The second kappa shape index (κ2) is 6.05. The van der Waals surface area contributed by atoms with Crippen LogP contribution >= 0.6 is 0 Å². The molecular formula is C15H19N5O. The lowest BCUT2D eigenvalue weighted by Gasteiger charge is -2.04. The highest BCUT2D eigenvalue weighted by Gasteiger charge is 2.28. The maximum Gasteiger partial charge on any atom is 0.291 e. The van der Waals surface area contributed by atoms with Crippen molar-refractivity contribution in [3.05, 3.63) is 47.0 Å². The van der Waals surface area contributed by atoms with Crippen LogP contribution in [0.3, 0.4) is 0 Å². The molecule has 1 aliphatic rings. The van der Waals surface area contributed by atoms with Crippen LogP contribution in [0.1, 0.15) is 46.3 Å². The average molecular weight is 285 g/mol. The van der Waals surface area contributed by atoms with Crippen LogP contribution in [0.4, 0.5) is 0 Å². The molecule has 1 saturated carbocycles. The molecule has 21 heavy (non-hydrogen) atoms. The summed E-state index contributed by atoms with van der Waals surface area (Å²) < 4.78 is 0. The Bertz CT molecular complexity index is 615. The van der Waals surface area contributed by atoms with Gasteiger partial charge in [0.15, 0.2) is 0 Å². The summed E-state index contributed by atoms with van der Waals surface area (Å²) in [4.78, 5) is 16.2. The van der Waals surface area contributed by atoms with Gasteiger partial charge in [0.1, 0.15) is 5.82 Å². The number of H-pyrrole nitrogens is 1. The number of hydrogen-bond donors (Lipinski definition) is 3. The quantitative estimate of drug-likeness (QED) is 0.740. The molecule has 2 aromatic rings. The van der Waals surface area contributed by atoms with Crippen molar-refractivity contribution in [2.45, 2.75) is 31.7 Å². The molecule has 6 nitrogen and oxygen atoms in total. The lowest BCUT2D eigenvalue weighted by atomic mass is 10.1. The van der Waals surface area contributed by atoms with Crippen LogP contribution < -0.4 is 11.1 Å². The molecule has 0 unspecified atom stereocenters. The third kappa shape index (κ3) is 3.46. The van der Waals surface area contributed by atoms with E-state index >= 15 is 0 Å². The summed E-state index contributed by atoms with van der Waals surface area (Å²) in [6, 6.07) is 8.07. The number of aromatic amines is 1. The molecule has 4 N–H and O–H groups in total. The molecule has 1 heterocycles. The number of amides is 1. The standard InChI is InChI=1S/C15H19N5O/c16-8-7-10-1-3-11(4-2-10)9-17-15(21)14-18-13(19-20-14)12-5-6-12/h1-4,12H,5-9,16H2,(H,17,21)(H,18,19,20). The van der Waals surface area contributed by atoms with Crippen LogP contribution in [0.2, 0.25) is 0 Å². The van der Waals surface area contributed by atoms with Gasteiger partial charge in [-0.3, -0.25) is 9.89 Å². The van der Waals surface area contributed by atoms with Crippen LogP contribution in [0.25, 0.3) is 0 Å². The van der Waals surface area contributed by atoms with Crippen molar-refractivity contribution in [1.29, 1.82) is 0 Å². The Morgan fingerprint density at radius 2 is 2.00 bits per heavy atom. The van der Waals surface area contributed by atoms with Crippen molar-refractivity contribution in [2.75, 3.05) is 6.54 Å². The van der Waals surface area contributed by atoms with Crippen LogP contribution in [0.15, 0.2) is 24.3 Å². The van der Waals surface area contributed by atoms with Gasteiger partial charge in [-0.05, 0) is 36.9 Å². The minimum absolute atomic E-state index is 0.219. The number of nitrogens with two attached hydrogens (primary N) is 1. The van der Waals surface area contributed by atoms with E-state index in [0.29, 0.717) is 19.0 Å². The highest BCUT2D eigenvalue weighted by molar-refractivity contribution is 5.90. The monoisotopic (exact) mass is 285 g/mol. The molecular weight excluding hydrogens is 266 g/mol. The third-order valence-electron chi connectivity index (χ3n) is 3.58. The predicted molar refractivity (Wildman–Crippen MR) is 78.7 cm³/mol. The fourth-order valence-electron chi connectivity index (χ4n) is 2.17. The van der Waals surface area contributed by atoms with Gasteiger partial charge in [0.05, 0.1) is 0 Å². The van der Waals surface area contributed by atoms with E-state index in [2.05, 4.69) is 20.5 Å². The number of benzene rings is 1. The molecule has 6 heteroatoms. The van der Waals surface area contributed by atoms with E-state index in [9.17, 15) is 4.79 Å². The Morgan fingerprint density at radius 3 is 2.67 bits per heavy atom. The highest BCUT2D eigenvalue weighted by atomic mass is 16.2. The molecule has 1 fully saturated rings. The van der Waals surface area contributed by atoms with E-state index in [4.69, 9.17) is 5.73 Å². The Kier molecular flexibility index (Phi) is 3.96. The fraction of sp³-hybridized carbons (Fsp3) is 0.400. The van der Waals surface area contributed by atoms with Gasteiger partial charge in [-0.25, -0.2) is 4.98 Å². The Hall–Kier alpha value is -2.21. The maximum absolute atomic E-state index is 12.0. The number of hydrogen-bond acceptors (Lipinski definition) is 4. The molecule has 3 rings (SSSR count). The molecule has 1 aliphatic carbocycles. The van der Waals surface area contributed by atoms with Gasteiger partial charge < -0.3 is 11.1 Å². The van der Waals surface area contributed by atoms with Crippen LogP contribution in [-0.2, 0) is 13.0 Å². The number of nitrogens with one attached hydrogen (secondary N) is 2. The summed E-state index contributed by atoms with van der Waals surface area (Å²) in [7, 11) is 0. The Morgan fingerprint density at radius 1 is 1.29 bits per heavy atom. The highest BCUT2D eigenvalue weighted by Crippen LogP contribution is 2.37. The topological polar surface area (TPSA) is 96.7 Å². The molecule has 1 aromatic heterocycles. The molecule has 0 spiro atoms. The fourth-order valence-corrected chi connectivity index (χ4v) is 2.17. The van der Waals surface area contributed by atoms with Crippen molar-refractivity contribution in [2.24, 2.45) is 5.73 Å². The van der Waals surface area contributed by atoms with Crippen molar-refractivity contribution < 1.29 is 4.79 Å². The molecule has 1 aromatic carbocycles. The largest absolute Gasteiger partial charge is 0.345 e. The van der Waals surface area contributed by atoms with Gasteiger partial charge in [-0.15, -0.1) is 5.10 Å². The summed E-state index contributed by atoms with van der Waals surface area (Å²) in [5.41, 5.74) is 7.76. The van der Waals surface area contributed by atoms with Gasteiger partial charge in [-0.1, -0.05) is 24.3 Å². The van der Waals surface area contributed by atoms with Gasteiger partial charge in [-0.2, -0.15) is 0 Å². The zero-order valence-electron chi connectivity index (χ0n) is 11.8. The summed E-state index contributed by atoms with van der Waals surface area (Å²) in [6.07, 6.45) is 3.13. The first-order valence-electron chi connectivity index (χ1n) is 7.24. The molecule has 0 aliphatic heterocycles. The van der Waals surface area contributed by atoms with Gasteiger partial charge >= 0.3 is 0 Å². The van der Waals surface area contributed by atoms with E-state index in [1.54, 1.807) is 0 Å². The molecule has 0 atom stereocenters. The number of aromatic nitrogens is 3. The maximum atomic E-state index is 12.0. The summed E-state index contributed by atoms with van der Waals surface area (Å²) in [5, 5.41) is 9.63. The minimum atomic E-state index is -0.246. The van der Waals surface area contributed by atoms with E-state index in [0.717, 1.165) is 30.7 Å². The van der Waals surface area contributed by atoms with Crippen LogP contribution in [-0.4, -0.2) is 27.6 Å². The number of rotatable bonds is 6. The van der Waals surface area contributed by atoms with Crippen molar-refractivity contribution in [1.82, 2.24) is 20.5 Å². The smallest absolute Gasteiger partial charge is 0.291 e. The van der Waals surface area contributed by atoms with E-state index in [-0.39, 0.29) is 11.7 Å². The zero-order chi connectivity index (χ0) is 14.7. The molecule has 110 valence electrons. The first-order chi connectivity index (χ1) is 10.3. The van der Waals surface area contributed by atoms with E-state index in [1.165, 1.54) is 5.56 Å². The summed E-state index contributed by atoms with van der Waals surface area (Å²) in [6.45, 7) is 1.11. The summed E-state index contributed by atoms with van der Waals surface area (Å²) >= 11 is 0. The second-order valence-electron chi connectivity index (χ2n) is 5.36. The van der Waals surface area contributed by atoms with E-state index < -0.39 is 0 Å². The number of nitrogens with zero attached hydrogens (tertiary/aromatic N) is 2. The SMILES string of the molecule is NCCc1ccc(CNC(=O)c2n[nH]c(C3CC3)n2)cc1. The second-order valence-corrected chi connectivity index (χ2v) is 5.36. The summed E-state index contributed by atoms with van der Waals surface area (Å²) in [5.74, 6) is 1.27. The Labute approximate surface area is 123 Å². The molecule has 0 bridgehead atoms. The average Bonchev–Trinajstić information content (AvgIpc) is 3.24. The molecule has 1 amide bonds. The first kappa shape index (κ1) is 13.8. The molecule has 0 radical (unpaired) electrons. The number of carbonyl (C=O) groups excluding carboxylic acids is 1. The minimum Gasteiger partial charge on any atom is -0.345 e. The Balaban J connectivity index is 1.54. The molecule has 0 saturated heterocycles. The van der Waals surface area contributed by atoms with Gasteiger partial charge in [0.2, 0.25) is 5.82 Å². The van der Waals surface area contributed by atoms with Crippen molar-refractivity contribution >= 4 is 5.91 Å². The van der Waals surface area contributed by atoms with Crippen LogP contribution in [0, 0.1) is 0 Å². The van der Waals surface area contributed by atoms with Gasteiger partial charge in [0.25, 0.3) is 5.91 Å². The zero-order valence-corrected chi connectivity index (χ0v) is 11.8. The first-order valence-corrected chi connectivity index (χ1v) is 7.24. The van der Waals surface area contributed by atoms with Crippen molar-refractivity contribution in [3.63, 3.8) is 0 Å². The number of carbonyl (C=O) groups is 1. The predicted octanol–water partition coefficient (Wildman–Crippen LogP) is 1.11. The normalized spacial score (nSPS) is 14.1. The van der Waals surface area contributed by atoms with Crippen LogP contribution in [0.5, 0.6) is 0 Å². The van der Waals surface area contributed by atoms with Crippen molar-refractivity contribution in [3.8, 4) is 0 Å². The van der Waals surface area contributed by atoms with Gasteiger partial charge in [0, 0.05) is 12.5 Å². The lowest BCUT2D eigenvalue weighted by molar-refractivity contribution is 0.0941. The third-order valence-corrected chi connectivity index (χ3v) is 3.58.